The second kappa shape index (κ2) is 3.00. The van der Waals surface area contributed by atoms with E-state index in [0.29, 0.717) is 0 Å². The van der Waals surface area contributed by atoms with Crippen LogP contribution in [-0.4, -0.2) is 40.1 Å². The number of rotatable bonds is 2. The second-order valence-electron chi connectivity index (χ2n) is 2.37. The van der Waals surface area contributed by atoms with Crippen molar-refractivity contribution in [3.05, 3.63) is 11.5 Å². The molecule has 0 bridgehead atoms. The number of cyclic esters (lactones) is 1. The Morgan fingerprint density at radius 3 is 2.58 bits per heavy atom. The number of nitrogens with two attached hydrogens (primary N) is 1. The molecule has 1 heterocycles. The van der Waals surface area contributed by atoms with E-state index in [1.807, 2.05) is 0 Å². The monoisotopic (exact) mass is 175 g/mol. The number of carbonyl (C=O) groups is 1. The summed E-state index contributed by atoms with van der Waals surface area (Å²) in [5, 5.41) is 26.5. The molecule has 0 spiro atoms. The molecular formula is C6H9NO5. The third-order valence-corrected chi connectivity index (χ3v) is 1.54. The smallest absolute Gasteiger partial charge is 0.358 e. The highest BCUT2D eigenvalue weighted by Crippen LogP contribution is 2.19. The molecule has 12 heavy (non-hydrogen) atoms. The molecule has 68 valence electrons. The molecule has 0 aromatic heterocycles. The number of hydrogen-bond acceptors (Lipinski definition) is 6. The third kappa shape index (κ3) is 1.21. The van der Waals surface area contributed by atoms with Crippen LogP contribution in [0.3, 0.4) is 0 Å². The number of esters is 1. The van der Waals surface area contributed by atoms with Gasteiger partial charge >= 0.3 is 5.97 Å². The van der Waals surface area contributed by atoms with Gasteiger partial charge in [0.1, 0.15) is 6.10 Å². The van der Waals surface area contributed by atoms with Crippen molar-refractivity contribution < 1.29 is 24.9 Å². The topological polar surface area (TPSA) is 113 Å². The highest BCUT2D eigenvalue weighted by atomic mass is 16.6. The second-order valence-corrected chi connectivity index (χ2v) is 2.37. The standard InChI is InChI=1S/C6H9NO5/c7-3-4(10)5(2(9)1-8)12-6(3)11/h2,5,8-10H,1,7H2. The fraction of sp³-hybridized carbons (Fsp3) is 0.500. The SMILES string of the molecule is NC1=C(O)C(C(O)CO)OC1=O. The van der Waals surface area contributed by atoms with E-state index in [1.165, 1.54) is 0 Å². The van der Waals surface area contributed by atoms with Gasteiger partial charge in [0.05, 0.1) is 6.61 Å². The van der Waals surface area contributed by atoms with Gasteiger partial charge in [-0.3, -0.25) is 0 Å². The number of ether oxygens (including phenoxy) is 1. The van der Waals surface area contributed by atoms with Crippen molar-refractivity contribution in [3.8, 4) is 0 Å². The van der Waals surface area contributed by atoms with Gasteiger partial charge in [-0.05, 0) is 0 Å². The minimum atomic E-state index is -1.34. The minimum absolute atomic E-state index is 0.424. The molecule has 1 aliphatic rings. The maximum absolute atomic E-state index is 10.7. The van der Waals surface area contributed by atoms with Crippen LogP contribution in [0.25, 0.3) is 0 Å². The van der Waals surface area contributed by atoms with Gasteiger partial charge in [-0.1, -0.05) is 0 Å². The van der Waals surface area contributed by atoms with Crippen LogP contribution in [0.15, 0.2) is 11.5 Å². The summed E-state index contributed by atoms with van der Waals surface area (Å²) < 4.78 is 4.44. The van der Waals surface area contributed by atoms with Gasteiger partial charge in [-0.2, -0.15) is 0 Å². The zero-order valence-corrected chi connectivity index (χ0v) is 6.10. The summed E-state index contributed by atoms with van der Waals surface area (Å²) >= 11 is 0. The Hall–Kier alpha value is -1.27. The molecule has 0 fully saturated rings. The van der Waals surface area contributed by atoms with Gasteiger partial charge in [0, 0.05) is 0 Å². The van der Waals surface area contributed by atoms with Crippen molar-refractivity contribution in [2.75, 3.05) is 6.61 Å². The number of aliphatic hydroxyl groups excluding tert-OH is 3. The van der Waals surface area contributed by atoms with Gasteiger partial charge in [0.15, 0.2) is 17.6 Å². The van der Waals surface area contributed by atoms with Gasteiger partial charge in [-0.25, -0.2) is 4.79 Å². The molecule has 5 N–H and O–H groups in total. The fourth-order valence-electron chi connectivity index (χ4n) is 0.849. The highest BCUT2D eigenvalue weighted by molar-refractivity contribution is 5.90. The average molecular weight is 175 g/mol. The Morgan fingerprint density at radius 1 is 1.67 bits per heavy atom. The molecule has 1 rings (SSSR count). The Morgan fingerprint density at radius 2 is 2.25 bits per heavy atom. The molecule has 0 saturated heterocycles. The summed E-state index contributed by atoms with van der Waals surface area (Å²) in [4.78, 5) is 10.7. The average Bonchev–Trinajstić information content (AvgIpc) is 2.32. The van der Waals surface area contributed by atoms with E-state index in [1.54, 1.807) is 0 Å². The molecule has 2 atom stereocenters. The van der Waals surface area contributed by atoms with Gasteiger partial charge in [-0.15, -0.1) is 0 Å². The van der Waals surface area contributed by atoms with Crippen molar-refractivity contribution in [3.63, 3.8) is 0 Å². The van der Waals surface area contributed by atoms with Gasteiger partial charge in [0.25, 0.3) is 0 Å². The molecular weight excluding hydrogens is 166 g/mol. The summed E-state index contributed by atoms with van der Waals surface area (Å²) in [5.74, 6) is -1.41. The number of hydrogen-bond donors (Lipinski definition) is 4. The lowest BCUT2D eigenvalue weighted by molar-refractivity contribution is -0.145. The zero-order valence-electron chi connectivity index (χ0n) is 6.10. The molecule has 0 aromatic rings. The summed E-state index contributed by atoms with van der Waals surface area (Å²) in [6.45, 7) is -0.616. The maximum atomic E-state index is 10.7. The predicted octanol–water partition coefficient (Wildman–Crippen LogP) is -2.01. The van der Waals surface area contributed by atoms with E-state index in [2.05, 4.69) is 4.74 Å². The molecule has 0 saturated carbocycles. The molecule has 6 heteroatoms. The van der Waals surface area contributed by atoms with Crippen LogP contribution in [0, 0.1) is 0 Å². The Bertz CT molecular complexity index is 236. The van der Waals surface area contributed by atoms with E-state index in [0.717, 1.165) is 0 Å². The molecule has 0 aromatic carbocycles. The minimum Gasteiger partial charge on any atom is -0.506 e. The first-order valence-electron chi connectivity index (χ1n) is 3.26. The van der Waals surface area contributed by atoms with Crippen molar-refractivity contribution in [2.24, 2.45) is 5.73 Å². The van der Waals surface area contributed by atoms with Gasteiger partial charge < -0.3 is 25.8 Å². The van der Waals surface area contributed by atoms with Crippen molar-refractivity contribution in [1.29, 1.82) is 0 Å². The summed E-state index contributed by atoms with van der Waals surface area (Å²) in [5.41, 5.74) is 4.64. The van der Waals surface area contributed by atoms with E-state index >= 15 is 0 Å². The third-order valence-electron chi connectivity index (χ3n) is 1.54. The number of carbonyl (C=O) groups excluding carboxylic acids is 1. The number of aliphatic hydroxyl groups is 3. The molecule has 0 amide bonds. The Kier molecular flexibility index (Phi) is 2.20. The van der Waals surface area contributed by atoms with Crippen LogP contribution in [0.2, 0.25) is 0 Å². The Labute approximate surface area is 67.9 Å². The summed E-state index contributed by atoms with van der Waals surface area (Å²) in [6, 6.07) is 0. The van der Waals surface area contributed by atoms with Gasteiger partial charge in [0.2, 0.25) is 0 Å². The first-order chi connectivity index (χ1) is 5.57. The summed E-state index contributed by atoms with van der Waals surface area (Å²) in [6.07, 6.45) is -2.57. The highest BCUT2D eigenvalue weighted by Gasteiger charge is 2.37. The lowest BCUT2D eigenvalue weighted by atomic mass is 10.2. The predicted molar refractivity (Wildman–Crippen MR) is 36.8 cm³/mol. The maximum Gasteiger partial charge on any atom is 0.358 e. The lowest BCUT2D eigenvalue weighted by Gasteiger charge is -2.14. The molecule has 2 unspecified atom stereocenters. The fourth-order valence-corrected chi connectivity index (χ4v) is 0.849. The van der Waals surface area contributed by atoms with Crippen LogP contribution in [0.1, 0.15) is 0 Å². The summed E-state index contributed by atoms with van der Waals surface area (Å²) in [7, 11) is 0. The quantitative estimate of drug-likeness (QED) is 0.361. The first-order valence-corrected chi connectivity index (χ1v) is 3.26. The van der Waals surface area contributed by atoms with Crippen LogP contribution in [-0.2, 0) is 9.53 Å². The van der Waals surface area contributed by atoms with Crippen LogP contribution in [0.5, 0.6) is 0 Å². The van der Waals surface area contributed by atoms with Crippen LogP contribution >= 0.6 is 0 Å². The molecule has 0 aliphatic carbocycles. The molecule has 1 aliphatic heterocycles. The first kappa shape index (κ1) is 8.82. The molecule has 6 nitrogen and oxygen atoms in total. The van der Waals surface area contributed by atoms with E-state index < -0.39 is 36.2 Å². The van der Waals surface area contributed by atoms with E-state index in [9.17, 15) is 4.79 Å². The van der Waals surface area contributed by atoms with E-state index in [4.69, 9.17) is 21.1 Å². The largest absolute Gasteiger partial charge is 0.506 e. The van der Waals surface area contributed by atoms with Crippen LogP contribution < -0.4 is 5.73 Å². The van der Waals surface area contributed by atoms with E-state index in [-0.39, 0.29) is 0 Å². The van der Waals surface area contributed by atoms with Crippen molar-refractivity contribution in [2.45, 2.75) is 12.2 Å². The Balaban J connectivity index is 2.80. The lowest BCUT2D eigenvalue weighted by Crippen LogP contribution is -2.31. The zero-order chi connectivity index (χ0) is 9.30. The normalized spacial score (nSPS) is 25.8. The van der Waals surface area contributed by atoms with Crippen molar-refractivity contribution in [1.82, 2.24) is 0 Å². The van der Waals surface area contributed by atoms with Crippen molar-refractivity contribution >= 4 is 5.97 Å². The van der Waals surface area contributed by atoms with Crippen LogP contribution in [0.4, 0.5) is 0 Å². The molecule has 0 radical (unpaired) electrons.